The summed E-state index contributed by atoms with van der Waals surface area (Å²) in [5, 5.41) is 0. The van der Waals surface area contributed by atoms with Gasteiger partial charge in [0.05, 0.1) is 25.3 Å². The number of nitrogens with zero attached hydrogens (tertiary/aromatic N) is 1. The van der Waals surface area contributed by atoms with E-state index in [9.17, 15) is 4.79 Å². The number of carbonyl (C=O) groups excluding carboxylic acids is 1. The molecule has 1 aromatic rings. The number of ketones is 1. The molecule has 0 amide bonds. The monoisotopic (exact) mass is 291 g/mol. The summed E-state index contributed by atoms with van der Waals surface area (Å²) in [5.41, 5.74) is 0.244. The summed E-state index contributed by atoms with van der Waals surface area (Å²) in [6.07, 6.45) is 5.23. The molecule has 0 spiro atoms. The summed E-state index contributed by atoms with van der Waals surface area (Å²) in [5.74, 6) is 1.45. The van der Waals surface area contributed by atoms with Crippen LogP contribution in [0.1, 0.15) is 42.5 Å². The average molecular weight is 291 g/mol. The molecule has 1 aliphatic carbocycles. The van der Waals surface area contributed by atoms with Gasteiger partial charge in [0.25, 0.3) is 0 Å². The van der Waals surface area contributed by atoms with Gasteiger partial charge in [0, 0.05) is 6.07 Å². The van der Waals surface area contributed by atoms with Gasteiger partial charge in [0.1, 0.15) is 11.5 Å². The van der Waals surface area contributed by atoms with Crippen LogP contribution in [0, 0.1) is 0 Å². The fourth-order valence-electron chi connectivity index (χ4n) is 3.25. The molecule has 4 heteroatoms. The van der Waals surface area contributed by atoms with Gasteiger partial charge in [-0.2, -0.15) is 0 Å². The first-order chi connectivity index (χ1) is 10.0. The molecule has 0 N–H and O–H groups in total. The van der Waals surface area contributed by atoms with E-state index in [1.165, 1.54) is 6.42 Å². The van der Waals surface area contributed by atoms with Gasteiger partial charge in [-0.3, -0.25) is 9.69 Å². The lowest BCUT2D eigenvalue weighted by molar-refractivity contribution is 0.0561. The Kier molecular flexibility index (Phi) is 4.88. The van der Waals surface area contributed by atoms with E-state index in [2.05, 4.69) is 4.90 Å². The van der Waals surface area contributed by atoms with E-state index in [1.54, 1.807) is 20.3 Å². The fourth-order valence-corrected chi connectivity index (χ4v) is 3.25. The minimum absolute atomic E-state index is 0.159. The van der Waals surface area contributed by atoms with E-state index < -0.39 is 5.54 Å². The first kappa shape index (κ1) is 15.8. The molecule has 116 valence electrons. The van der Waals surface area contributed by atoms with Crippen LogP contribution in [-0.4, -0.2) is 44.5 Å². The zero-order valence-corrected chi connectivity index (χ0v) is 13.4. The second-order valence-electron chi connectivity index (χ2n) is 5.88. The Balaban J connectivity index is 2.41. The molecule has 0 atom stereocenters. The van der Waals surface area contributed by atoms with Crippen LogP contribution in [0.3, 0.4) is 0 Å². The third-order valence-electron chi connectivity index (χ3n) is 4.61. The zero-order chi connectivity index (χ0) is 15.5. The van der Waals surface area contributed by atoms with E-state index in [0.717, 1.165) is 25.7 Å². The third kappa shape index (κ3) is 2.91. The standard InChI is InChI=1S/C17H25NO3/c1-18(2)17(10-6-5-7-11-17)16(19)14-9-8-13(20-3)12-15(14)21-4/h8-9,12H,5-7,10-11H2,1-4H3. The van der Waals surface area contributed by atoms with Gasteiger partial charge in [-0.05, 0) is 39.1 Å². The van der Waals surface area contributed by atoms with Crippen molar-refractivity contribution in [3.8, 4) is 11.5 Å². The predicted octanol–water partition coefficient (Wildman–Crippen LogP) is 3.15. The van der Waals surface area contributed by atoms with Crippen LogP contribution in [0.15, 0.2) is 18.2 Å². The Bertz CT molecular complexity index is 505. The Morgan fingerprint density at radius 2 is 1.76 bits per heavy atom. The van der Waals surface area contributed by atoms with Crippen LogP contribution in [-0.2, 0) is 0 Å². The van der Waals surface area contributed by atoms with Crippen molar-refractivity contribution in [2.24, 2.45) is 0 Å². The molecule has 2 rings (SSSR count). The molecule has 0 aliphatic heterocycles. The first-order valence-electron chi connectivity index (χ1n) is 7.49. The van der Waals surface area contributed by atoms with E-state index in [4.69, 9.17) is 9.47 Å². The highest BCUT2D eigenvalue weighted by Gasteiger charge is 2.42. The quantitative estimate of drug-likeness (QED) is 0.781. The fraction of sp³-hybridized carbons (Fsp3) is 0.588. The highest BCUT2D eigenvalue weighted by Crippen LogP contribution is 2.37. The molecule has 1 aliphatic rings. The van der Waals surface area contributed by atoms with Crippen molar-refractivity contribution in [2.75, 3.05) is 28.3 Å². The minimum atomic E-state index is -0.403. The number of hydrogen-bond acceptors (Lipinski definition) is 4. The highest BCUT2D eigenvalue weighted by atomic mass is 16.5. The minimum Gasteiger partial charge on any atom is -0.497 e. The molecular weight excluding hydrogens is 266 g/mol. The lowest BCUT2D eigenvalue weighted by atomic mass is 9.75. The maximum atomic E-state index is 13.2. The molecule has 4 nitrogen and oxygen atoms in total. The number of benzene rings is 1. The largest absolute Gasteiger partial charge is 0.497 e. The average Bonchev–Trinajstić information content (AvgIpc) is 2.53. The Hall–Kier alpha value is -1.55. The Labute approximate surface area is 127 Å². The maximum absolute atomic E-state index is 13.2. The zero-order valence-electron chi connectivity index (χ0n) is 13.4. The Morgan fingerprint density at radius 1 is 1.10 bits per heavy atom. The number of carbonyl (C=O) groups is 1. The molecule has 0 aromatic heterocycles. The van der Waals surface area contributed by atoms with Gasteiger partial charge < -0.3 is 9.47 Å². The summed E-state index contributed by atoms with van der Waals surface area (Å²) in [4.78, 5) is 15.3. The van der Waals surface area contributed by atoms with Crippen LogP contribution >= 0.6 is 0 Å². The van der Waals surface area contributed by atoms with E-state index >= 15 is 0 Å². The summed E-state index contributed by atoms with van der Waals surface area (Å²) < 4.78 is 10.6. The van der Waals surface area contributed by atoms with Crippen molar-refractivity contribution in [3.63, 3.8) is 0 Å². The molecule has 0 saturated heterocycles. The van der Waals surface area contributed by atoms with Crippen molar-refractivity contribution in [3.05, 3.63) is 23.8 Å². The molecule has 0 heterocycles. The molecular formula is C17H25NO3. The molecule has 1 saturated carbocycles. The third-order valence-corrected chi connectivity index (χ3v) is 4.61. The summed E-state index contributed by atoms with van der Waals surface area (Å²) in [7, 11) is 7.20. The molecule has 21 heavy (non-hydrogen) atoms. The van der Waals surface area contributed by atoms with Crippen LogP contribution in [0.4, 0.5) is 0 Å². The van der Waals surface area contributed by atoms with Crippen LogP contribution in [0.2, 0.25) is 0 Å². The lowest BCUT2D eigenvalue weighted by Gasteiger charge is -2.41. The van der Waals surface area contributed by atoms with Crippen molar-refractivity contribution in [2.45, 2.75) is 37.6 Å². The van der Waals surface area contributed by atoms with Crippen molar-refractivity contribution < 1.29 is 14.3 Å². The SMILES string of the molecule is COc1ccc(C(=O)C2(N(C)C)CCCCC2)c(OC)c1. The first-order valence-corrected chi connectivity index (χ1v) is 7.49. The molecule has 1 aromatic carbocycles. The van der Waals surface area contributed by atoms with Gasteiger partial charge in [0.2, 0.25) is 0 Å². The lowest BCUT2D eigenvalue weighted by Crippen LogP contribution is -2.52. The number of ether oxygens (including phenoxy) is 2. The topological polar surface area (TPSA) is 38.8 Å². The summed E-state index contributed by atoms with van der Waals surface area (Å²) in [6, 6.07) is 5.42. The van der Waals surface area contributed by atoms with Crippen molar-refractivity contribution >= 4 is 5.78 Å². The predicted molar refractivity (Wildman–Crippen MR) is 83.4 cm³/mol. The van der Waals surface area contributed by atoms with E-state index in [1.807, 2.05) is 26.2 Å². The smallest absolute Gasteiger partial charge is 0.186 e. The van der Waals surface area contributed by atoms with Crippen LogP contribution in [0.25, 0.3) is 0 Å². The van der Waals surface area contributed by atoms with Crippen LogP contribution < -0.4 is 9.47 Å². The number of likely N-dealkylation sites (N-methyl/N-ethyl adjacent to an activating group) is 1. The van der Waals surface area contributed by atoms with Crippen molar-refractivity contribution in [1.82, 2.24) is 4.90 Å². The van der Waals surface area contributed by atoms with Crippen LogP contribution in [0.5, 0.6) is 11.5 Å². The summed E-state index contributed by atoms with van der Waals surface area (Å²) >= 11 is 0. The number of hydrogen-bond donors (Lipinski definition) is 0. The summed E-state index contributed by atoms with van der Waals surface area (Å²) in [6.45, 7) is 0. The number of Topliss-reactive ketones (excluding diaryl/α,β-unsaturated/α-hetero) is 1. The van der Waals surface area contributed by atoms with Crippen molar-refractivity contribution in [1.29, 1.82) is 0 Å². The highest BCUT2D eigenvalue weighted by molar-refractivity contribution is 6.05. The molecule has 0 unspecified atom stereocenters. The molecule has 0 radical (unpaired) electrons. The Morgan fingerprint density at radius 3 is 2.29 bits per heavy atom. The van der Waals surface area contributed by atoms with E-state index in [0.29, 0.717) is 17.1 Å². The molecule has 0 bridgehead atoms. The van der Waals surface area contributed by atoms with Gasteiger partial charge >= 0.3 is 0 Å². The van der Waals surface area contributed by atoms with Gasteiger partial charge in [-0.25, -0.2) is 0 Å². The van der Waals surface area contributed by atoms with Gasteiger partial charge in [0.15, 0.2) is 5.78 Å². The maximum Gasteiger partial charge on any atom is 0.186 e. The van der Waals surface area contributed by atoms with E-state index in [-0.39, 0.29) is 5.78 Å². The van der Waals surface area contributed by atoms with Gasteiger partial charge in [-0.15, -0.1) is 0 Å². The number of rotatable bonds is 5. The van der Waals surface area contributed by atoms with Gasteiger partial charge in [-0.1, -0.05) is 19.3 Å². The second-order valence-corrected chi connectivity index (χ2v) is 5.88. The number of methoxy groups -OCH3 is 2. The normalized spacial score (nSPS) is 17.6. The molecule has 1 fully saturated rings. The second kappa shape index (κ2) is 6.48.